The summed E-state index contributed by atoms with van der Waals surface area (Å²) in [7, 11) is 6.71. The first-order valence-corrected chi connectivity index (χ1v) is 4.57. The van der Waals surface area contributed by atoms with Crippen LogP contribution in [0.2, 0.25) is 0 Å². The van der Waals surface area contributed by atoms with Crippen LogP contribution in [0.5, 0.6) is 17.2 Å². The van der Waals surface area contributed by atoms with E-state index in [0.29, 0.717) is 11.5 Å². The summed E-state index contributed by atoms with van der Waals surface area (Å²) < 4.78 is 20.6. The van der Waals surface area contributed by atoms with Gasteiger partial charge >= 0.3 is 0 Å². The highest BCUT2D eigenvalue weighted by atomic mass is 16.7. The Hall–Kier alpha value is -1.36. The maximum atomic E-state index is 5.40. The number of methoxy groups -OCH3 is 3. The molecule has 0 radical (unpaired) electrons. The summed E-state index contributed by atoms with van der Waals surface area (Å²) in [4.78, 5) is 0. The van der Waals surface area contributed by atoms with E-state index in [9.17, 15) is 0 Å². The van der Waals surface area contributed by atoms with Crippen molar-refractivity contribution in [3.63, 3.8) is 0 Å². The van der Waals surface area contributed by atoms with E-state index in [0.717, 1.165) is 11.2 Å². The Labute approximate surface area is 90.5 Å². The number of rotatable bonds is 5. The third kappa shape index (κ3) is 2.79. The number of hydrogen-bond acceptors (Lipinski definition) is 4. The van der Waals surface area contributed by atoms with Crippen LogP contribution >= 0.6 is 0 Å². The Morgan fingerprint density at radius 2 is 1.87 bits per heavy atom. The molecule has 0 aliphatic rings. The van der Waals surface area contributed by atoms with Gasteiger partial charge in [0.1, 0.15) is 13.6 Å². The van der Waals surface area contributed by atoms with E-state index in [1.807, 2.05) is 13.9 Å². The third-order valence-corrected chi connectivity index (χ3v) is 1.99. The molecule has 0 atom stereocenters. The SMILES string of the molecule is Bc1cc(OC)cc(OC)c1OCOC. The molecule has 0 saturated heterocycles. The highest BCUT2D eigenvalue weighted by molar-refractivity contribution is 6.34. The summed E-state index contributed by atoms with van der Waals surface area (Å²) in [6.45, 7) is 0.198. The quantitative estimate of drug-likeness (QED) is 0.504. The second-order valence-corrected chi connectivity index (χ2v) is 3.03. The van der Waals surface area contributed by atoms with Crippen molar-refractivity contribution in [1.29, 1.82) is 0 Å². The lowest BCUT2D eigenvalue weighted by molar-refractivity contribution is 0.0499. The summed E-state index contributed by atoms with van der Waals surface area (Å²) in [5.41, 5.74) is 0.947. The van der Waals surface area contributed by atoms with E-state index in [2.05, 4.69) is 0 Å². The molecule has 0 spiro atoms. The van der Waals surface area contributed by atoms with Gasteiger partial charge in [0, 0.05) is 13.2 Å². The molecule has 0 aliphatic heterocycles. The van der Waals surface area contributed by atoms with Gasteiger partial charge in [0.05, 0.1) is 14.2 Å². The van der Waals surface area contributed by atoms with Gasteiger partial charge < -0.3 is 18.9 Å². The molecule has 1 aromatic rings. The van der Waals surface area contributed by atoms with Crippen molar-refractivity contribution < 1.29 is 18.9 Å². The molecule has 0 aromatic heterocycles. The Balaban J connectivity index is 3.01. The monoisotopic (exact) mass is 210 g/mol. The molecule has 0 heterocycles. The van der Waals surface area contributed by atoms with Crippen LogP contribution in [0.4, 0.5) is 0 Å². The first-order chi connectivity index (χ1) is 7.22. The summed E-state index contributed by atoms with van der Waals surface area (Å²) in [6.07, 6.45) is 0. The van der Waals surface area contributed by atoms with Crippen LogP contribution in [0.15, 0.2) is 12.1 Å². The van der Waals surface area contributed by atoms with Crippen LogP contribution in [0.25, 0.3) is 0 Å². The summed E-state index contributed by atoms with van der Waals surface area (Å²) in [5.74, 6) is 2.07. The van der Waals surface area contributed by atoms with Crippen molar-refractivity contribution >= 4 is 13.3 Å². The van der Waals surface area contributed by atoms with Gasteiger partial charge in [0.25, 0.3) is 0 Å². The van der Waals surface area contributed by atoms with Crippen molar-refractivity contribution in [3.8, 4) is 17.2 Å². The van der Waals surface area contributed by atoms with Crippen LogP contribution < -0.4 is 19.7 Å². The minimum absolute atomic E-state index is 0.198. The minimum Gasteiger partial charge on any atom is -0.497 e. The molecule has 0 bridgehead atoms. The predicted octanol–water partition coefficient (Wildman–Crippen LogP) is -0.0551. The zero-order valence-electron chi connectivity index (χ0n) is 9.49. The standard InChI is InChI=1S/C10H15BO4/c1-12-6-15-10-8(11)4-7(13-2)5-9(10)14-3/h4-5H,6,11H2,1-3H3. The van der Waals surface area contributed by atoms with Crippen LogP contribution in [-0.2, 0) is 4.74 Å². The van der Waals surface area contributed by atoms with E-state index in [1.54, 1.807) is 27.4 Å². The molecule has 0 amide bonds. The number of hydrogen-bond donors (Lipinski definition) is 0. The van der Waals surface area contributed by atoms with Crippen LogP contribution in [0.3, 0.4) is 0 Å². The molecule has 5 heteroatoms. The van der Waals surface area contributed by atoms with Gasteiger partial charge in [0.15, 0.2) is 18.3 Å². The molecule has 0 fully saturated rings. The molecular weight excluding hydrogens is 195 g/mol. The Morgan fingerprint density at radius 3 is 2.40 bits per heavy atom. The van der Waals surface area contributed by atoms with Gasteiger partial charge in [-0.2, -0.15) is 0 Å². The topological polar surface area (TPSA) is 36.9 Å². The summed E-state index contributed by atoms with van der Waals surface area (Å²) in [6, 6.07) is 3.66. The van der Waals surface area contributed by atoms with Crippen LogP contribution in [-0.4, -0.2) is 36.0 Å². The van der Waals surface area contributed by atoms with Crippen molar-refractivity contribution in [3.05, 3.63) is 12.1 Å². The zero-order valence-corrected chi connectivity index (χ0v) is 9.49. The fraction of sp³-hybridized carbons (Fsp3) is 0.400. The Morgan fingerprint density at radius 1 is 1.13 bits per heavy atom. The molecule has 0 N–H and O–H groups in total. The number of ether oxygens (including phenoxy) is 4. The van der Waals surface area contributed by atoms with Crippen molar-refractivity contribution in [1.82, 2.24) is 0 Å². The largest absolute Gasteiger partial charge is 0.497 e. The van der Waals surface area contributed by atoms with Gasteiger partial charge in [-0.05, 0) is 11.5 Å². The molecule has 0 saturated carbocycles. The lowest BCUT2D eigenvalue weighted by Crippen LogP contribution is -2.13. The number of benzene rings is 1. The molecule has 1 rings (SSSR count). The molecule has 0 unspecified atom stereocenters. The Kier molecular flexibility index (Phi) is 4.30. The maximum Gasteiger partial charge on any atom is 0.188 e. The first-order valence-electron chi connectivity index (χ1n) is 4.57. The summed E-state index contributed by atoms with van der Waals surface area (Å²) >= 11 is 0. The van der Waals surface area contributed by atoms with Crippen LogP contribution in [0.1, 0.15) is 0 Å². The fourth-order valence-electron chi connectivity index (χ4n) is 1.28. The maximum absolute atomic E-state index is 5.40. The predicted molar refractivity (Wildman–Crippen MR) is 60.2 cm³/mol. The molecule has 1 aromatic carbocycles. The normalized spacial score (nSPS) is 9.80. The zero-order chi connectivity index (χ0) is 11.3. The summed E-state index contributed by atoms with van der Waals surface area (Å²) in [5, 5.41) is 0. The highest BCUT2D eigenvalue weighted by Gasteiger charge is 2.10. The van der Waals surface area contributed by atoms with Crippen LogP contribution in [0, 0.1) is 0 Å². The first kappa shape index (κ1) is 11.7. The van der Waals surface area contributed by atoms with E-state index in [1.165, 1.54) is 0 Å². The second kappa shape index (κ2) is 5.51. The van der Waals surface area contributed by atoms with E-state index >= 15 is 0 Å². The molecule has 82 valence electrons. The van der Waals surface area contributed by atoms with Crippen molar-refractivity contribution in [2.45, 2.75) is 0 Å². The smallest absolute Gasteiger partial charge is 0.188 e. The van der Waals surface area contributed by atoms with E-state index < -0.39 is 0 Å². The minimum atomic E-state index is 0.198. The highest BCUT2D eigenvalue weighted by Crippen LogP contribution is 2.28. The second-order valence-electron chi connectivity index (χ2n) is 3.03. The van der Waals surface area contributed by atoms with Gasteiger partial charge in [-0.1, -0.05) is 0 Å². The van der Waals surface area contributed by atoms with Gasteiger partial charge in [-0.3, -0.25) is 0 Å². The average molecular weight is 210 g/mol. The lowest BCUT2D eigenvalue weighted by Gasteiger charge is -2.14. The van der Waals surface area contributed by atoms with Crippen molar-refractivity contribution in [2.24, 2.45) is 0 Å². The Bertz CT molecular complexity index is 327. The fourth-order valence-corrected chi connectivity index (χ4v) is 1.28. The molecule has 0 aliphatic carbocycles. The average Bonchev–Trinajstić information content (AvgIpc) is 2.26. The third-order valence-electron chi connectivity index (χ3n) is 1.99. The van der Waals surface area contributed by atoms with E-state index in [-0.39, 0.29) is 6.79 Å². The lowest BCUT2D eigenvalue weighted by atomic mass is 9.94. The van der Waals surface area contributed by atoms with Gasteiger partial charge in [0.2, 0.25) is 0 Å². The van der Waals surface area contributed by atoms with Crippen molar-refractivity contribution in [2.75, 3.05) is 28.1 Å². The van der Waals surface area contributed by atoms with Gasteiger partial charge in [-0.15, -0.1) is 0 Å². The molecular formula is C10H15BO4. The van der Waals surface area contributed by atoms with Gasteiger partial charge in [-0.25, -0.2) is 0 Å². The molecule has 15 heavy (non-hydrogen) atoms. The molecule has 4 nitrogen and oxygen atoms in total. The van der Waals surface area contributed by atoms with E-state index in [4.69, 9.17) is 18.9 Å².